The van der Waals surface area contributed by atoms with E-state index in [-0.39, 0.29) is 70.2 Å². The molecular weight excluding hydrogens is 642 g/mol. The van der Waals surface area contributed by atoms with Gasteiger partial charge < -0.3 is 16.0 Å². The van der Waals surface area contributed by atoms with Gasteiger partial charge in [-0.25, -0.2) is 0 Å². The number of rotatable bonds is 16. The second-order valence-electron chi connectivity index (χ2n) is 20.3. The Morgan fingerprint density at radius 1 is 0.843 bits per heavy atom. The number of primary amides is 1. The van der Waals surface area contributed by atoms with Gasteiger partial charge in [-0.1, -0.05) is 102 Å². The molecule has 3 aliphatic carbocycles. The molecule has 3 N–H and O–H groups in total. The van der Waals surface area contributed by atoms with Crippen molar-refractivity contribution < 1.29 is 28.8 Å². The minimum atomic E-state index is -1.01. The summed E-state index contributed by atoms with van der Waals surface area (Å²) < 4.78 is 0. The van der Waals surface area contributed by atoms with Crippen LogP contribution in [0.1, 0.15) is 153 Å². The minimum Gasteiger partial charge on any atom is -0.363 e. The van der Waals surface area contributed by atoms with Crippen LogP contribution in [0, 0.1) is 56.2 Å². The van der Waals surface area contributed by atoms with Crippen LogP contribution in [-0.2, 0) is 28.8 Å². The predicted molar refractivity (Wildman–Crippen MR) is 199 cm³/mol. The first-order valence-electron chi connectivity index (χ1n) is 19.8. The highest BCUT2D eigenvalue weighted by atomic mass is 16.2. The molecular formula is C42H69N3O6. The van der Waals surface area contributed by atoms with E-state index in [4.69, 9.17) is 5.73 Å². The first-order valence-corrected chi connectivity index (χ1v) is 19.8. The summed E-state index contributed by atoms with van der Waals surface area (Å²) in [6.45, 7) is 23.4. The van der Waals surface area contributed by atoms with Crippen molar-refractivity contribution in [1.82, 2.24) is 10.2 Å². The van der Waals surface area contributed by atoms with Gasteiger partial charge in [0.2, 0.25) is 17.6 Å². The number of nitrogens with one attached hydrogen (secondary N) is 1. The average Bonchev–Trinajstić information content (AvgIpc) is 3.20. The van der Waals surface area contributed by atoms with E-state index in [0.29, 0.717) is 38.3 Å². The number of carbonyl (C=O) groups is 6. The number of nitrogens with two attached hydrogens (primary N) is 1. The Labute approximate surface area is 307 Å². The van der Waals surface area contributed by atoms with Crippen LogP contribution >= 0.6 is 0 Å². The fourth-order valence-corrected chi connectivity index (χ4v) is 9.96. The molecule has 51 heavy (non-hydrogen) atoms. The molecule has 0 aromatic heterocycles. The maximum atomic E-state index is 14.9. The highest BCUT2D eigenvalue weighted by Crippen LogP contribution is 2.88. The van der Waals surface area contributed by atoms with Gasteiger partial charge in [-0.05, 0) is 65.6 Å². The van der Waals surface area contributed by atoms with Gasteiger partial charge in [0.05, 0.1) is 6.04 Å². The molecule has 2 spiro atoms. The van der Waals surface area contributed by atoms with Crippen molar-refractivity contribution >= 4 is 35.1 Å². The first-order chi connectivity index (χ1) is 23.3. The Kier molecular flexibility index (Phi) is 11.6. The summed E-state index contributed by atoms with van der Waals surface area (Å²) in [5.41, 5.74) is 4.00. The predicted octanol–water partition coefficient (Wildman–Crippen LogP) is 6.83. The summed E-state index contributed by atoms with van der Waals surface area (Å²) in [6.07, 6.45) is 8.24. The Hall–Kier alpha value is -2.58. The summed E-state index contributed by atoms with van der Waals surface area (Å²) in [5.74, 6) is -3.34. The number of hydrogen-bond donors (Lipinski definition) is 2. The Balaban J connectivity index is 1.58. The maximum absolute atomic E-state index is 14.9. The molecule has 288 valence electrons. The highest BCUT2D eigenvalue weighted by Gasteiger charge is 2.85. The SMILES string of the molecule is CCC(C)(C)C(=O)NC[C@@H](CC(=O)C[C@H](C(=O)N1C[C@]2(C[C@H]1C(=O)CC(CC1CCC1)C(=O)C(N)=O)C(C)(C)C21CCC1)C(C)(C)C)C(C)(C)C. The summed E-state index contributed by atoms with van der Waals surface area (Å²) in [4.78, 5) is 83.0. The van der Waals surface area contributed by atoms with Crippen molar-refractivity contribution in [3.05, 3.63) is 0 Å². The third-order valence-corrected chi connectivity index (χ3v) is 14.9. The van der Waals surface area contributed by atoms with Crippen molar-refractivity contribution in [3.63, 3.8) is 0 Å². The van der Waals surface area contributed by atoms with Gasteiger partial charge in [0.15, 0.2) is 5.78 Å². The van der Waals surface area contributed by atoms with Crippen LogP contribution in [0.15, 0.2) is 0 Å². The standard InChI is InChI=1S/C42H69N3O6/c1-12-39(8,9)36(51)44-24-28(37(2,3)4)21-29(46)22-30(38(5,6)7)35(50)45-25-42(40(10,11)41(42)17-14-18-41)23-31(45)32(47)20-27(33(48)34(43)49)19-26-15-13-16-26/h26-28,30-31H,12-25H2,1-11H3,(H2,43,49)(H,44,51)/t27?,28-,30-,31+,42-/m1/s1. The quantitative estimate of drug-likeness (QED) is 0.168. The number of likely N-dealkylation sites (tertiary alicyclic amines) is 1. The van der Waals surface area contributed by atoms with E-state index in [1.54, 1.807) is 4.90 Å². The van der Waals surface area contributed by atoms with Gasteiger partial charge in [-0.3, -0.25) is 28.8 Å². The fourth-order valence-electron chi connectivity index (χ4n) is 9.96. The third kappa shape index (κ3) is 7.74. The van der Waals surface area contributed by atoms with Crippen molar-refractivity contribution in [2.75, 3.05) is 13.1 Å². The number of ketones is 3. The molecule has 1 unspecified atom stereocenters. The zero-order chi connectivity index (χ0) is 38.5. The molecule has 9 nitrogen and oxygen atoms in total. The zero-order valence-electron chi connectivity index (χ0n) is 33.8. The van der Waals surface area contributed by atoms with Gasteiger partial charge in [0.25, 0.3) is 5.91 Å². The molecule has 4 aliphatic rings. The molecule has 4 rings (SSSR count). The van der Waals surface area contributed by atoms with Crippen molar-refractivity contribution in [3.8, 4) is 0 Å². The lowest BCUT2D eigenvalue weighted by Gasteiger charge is -2.36. The lowest BCUT2D eigenvalue weighted by atomic mass is 9.73. The van der Waals surface area contributed by atoms with Crippen molar-refractivity contribution in [2.24, 2.45) is 61.9 Å². The molecule has 0 aromatic rings. The molecule has 1 aliphatic heterocycles. The molecule has 4 fully saturated rings. The zero-order valence-corrected chi connectivity index (χ0v) is 33.8. The van der Waals surface area contributed by atoms with E-state index in [2.05, 4.69) is 39.9 Å². The average molecular weight is 712 g/mol. The molecule has 3 saturated carbocycles. The summed E-state index contributed by atoms with van der Waals surface area (Å²) in [6, 6.07) is -0.708. The van der Waals surface area contributed by atoms with Gasteiger partial charge in [-0.15, -0.1) is 0 Å². The number of fused-ring (bicyclic) bond motifs is 1. The summed E-state index contributed by atoms with van der Waals surface area (Å²) >= 11 is 0. The number of hydrogen-bond acceptors (Lipinski definition) is 6. The topological polar surface area (TPSA) is 144 Å². The normalized spacial score (nSPS) is 25.8. The number of Topliss-reactive ketones (excluding diaryl/α,β-unsaturated/α-hetero) is 3. The second kappa shape index (κ2) is 14.3. The van der Waals surface area contributed by atoms with Gasteiger partial charge >= 0.3 is 0 Å². The Bertz CT molecular complexity index is 1390. The van der Waals surface area contributed by atoms with Crippen LogP contribution < -0.4 is 11.1 Å². The summed E-state index contributed by atoms with van der Waals surface area (Å²) in [7, 11) is 0. The third-order valence-electron chi connectivity index (χ3n) is 14.9. The molecule has 0 radical (unpaired) electrons. The number of amides is 3. The van der Waals surface area contributed by atoms with Crippen molar-refractivity contribution in [2.45, 2.75) is 159 Å². The van der Waals surface area contributed by atoms with Crippen LogP contribution in [0.4, 0.5) is 0 Å². The highest BCUT2D eigenvalue weighted by molar-refractivity contribution is 6.36. The monoisotopic (exact) mass is 712 g/mol. The van der Waals surface area contributed by atoms with Gasteiger partial charge in [0, 0.05) is 55.0 Å². The van der Waals surface area contributed by atoms with E-state index in [0.717, 1.165) is 38.5 Å². The summed E-state index contributed by atoms with van der Waals surface area (Å²) in [5, 5.41) is 3.09. The smallest absolute Gasteiger partial charge is 0.285 e. The van der Waals surface area contributed by atoms with Gasteiger partial charge in [0.1, 0.15) is 5.78 Å². The van der Waals surface area contributed by atoms with Crippen LogP contribution in [0.2, 0.25) is 0 Å². The Morgan fingerprint density at radius 2 is 1.45 bits per heavy atom. The fraction of sp³-hybridized carbons (Fsp3) is 0.857. The molecule has 9 heteroatoms. The van der Waals surface area contributed by atoms with E-state index in [1.165, 1.54) is 0 Å². The van der Waals surface area contributed by atoms with Crippen LogP contribution in [-0.4, -0.2) is 59.1 Å². The van der Waals surface area contributed by atoms with E-state index >= 15 is 0 Å². The van der Waals surface area contributed by atoms with E-state index < -0.39 is 40.4 Å². The van der Waals surface area contributed by atoms with Crippen LogP contribution in [0.3, 0.4) is 0 Å². The first kappa shape index (κ1) is 41.2. The molecule has 1 saturated heterocycles. The minimum absolute atomic E-state index is 0.0289. The maximum Gasteiger partial charge on any atom is 0.285 e. The van der Waals surface area contributed by atoms with Crippen LogP contribution in [0.25, 0.3) is 0 Å². The molecule has 3 amide bonds. The molecule has 0 bridgehead atoms. The van der Waals surface area contributed by atoms with E-state index in [9.17, 15) is 28.8 Å². The van der Waals surface area contributed by atoms with E-state index in [1.807, 2.05) is 41.5 Å². The largest absolute Gasteiger partial charge is 0.363 e. The van der Waals surface area contributed by atoms with Gasteiger partial charge in [-0.2, -0.15) is 0 Å². The molecule has 5 atom stereocenters. The number of carbonyl (C=O) groups excluding carboxylic acids is 6. The molecule has 1 heterocycles. The lowest BCUT2D eigenvalue weighted by molar-refractivity contribution is -0.147. The lowest BCUT2D eigenvalue weighted by Crippen LogP contribution is -2.48. The Morgan fingerprint density at radius 3 is 1.88 bits per heavy atom. The van der Waals surface area contributed by atoms with Crippen LogP contribution in [0.5, 0.6) is 0 Å². The number of nitrogens with zero attached hydrogens (tertiary/aromatic N) is 1. The second-order valence-corrected chi connectivity index (χ2v) is 20.3. The molecule has 0 aromatic carbocycles. The van der Waals surface area contributed by atoms with Crippen molar-refractivity contribution in [1.29, 1.82) is 0 Å².